The first-order valence-electron chi connectivity index (χ1n) is 9.78. The molecule has 0 saturated heterocycles. The molecule has 0 fully saturated rings. The highest BCUT2D eigenvalue weighted by Crippen LogP contribution is 2.35. The lowest BCUT2D eigenvalue weighted by atomic mass is 9.70. The van der Waals surface area contributed by atoms with Crippen molar-refractivity contribution in [2.75, 3.05) is 0 Å². The fraction of sp³-hybridized carbons (Fsp3) is 0.950. The lowest BCUT2D eigenvalue weighted by Crippen LogP contribution is -2.53. The maximum Gasteiger partial charge on any atom is 0.311 e. The number of unbranched alkanes of at least 4 members (excludes halogenated alkanes) is 11. The van der Waals surface area contributed by atoms with Crippen LogP contribution in [0.2, 0.25) is 0 Å². The first-order valence-corrected chi connectivity index (χ1v) is 9.78. The quantitative estimate of drug-likeness (QED) is 0.368. The van der Waals surface area contributed by atoms with Crippen molar-refractivity contribution in [3.63, 3.8) is 0 Å². The van der Waals surface area contributed by atoms with Gasteiger partial charge in [-0.05, 0) is 27.2 Å². The molecule has 0 spiro atoms. The first-order chi connectivity index (χ1) is 10.8. The van der Waals surface area contributed by atoms with Crippen molar-refractivity contribution in [2.45, 2.75) is 117 Å². The van der Waals surface area contributed by atoms with E-state index in [2.05, 4.69) is 6.92 Å². The zero-order chi connectivity index (χ0) is 17.8. The van der Waals surface area contributed by atoms with E-state index in [9.17, 15) is 9.90 Å². The number of aliphatic carboxylic acids is 1. The Hall–Kier alpha value is -0.570. The number of carboxylic acid groups (broad SMARTS) is 1. The fourth-order valence-electron chi connectivity index (χ4n) is 3.02. The summed E-state index contributed by atoms with van der Waals surface area (Å²) in [6.45, 7) is 7.69. The zero-order valence-corrected chi connectivity index (χ0v) is 16.1. The standard InChI is InChI=1S/C20H41NO2/c1-5-6-7-8-9-10-11-12-13-14-15-16-17-20(4,18(22)23)19(2,3)21/h5-17,21H2,1-4H3,(H,22,23). The summed E-state index contributed by atoms with van der Waals surface area (Å²) in [6.07, 6.45) is 16.2. The van der Waals surface area contributed by atoms with Crippen LogP contribution in [0.3, 0.4) is 0 Å². The molecule has 0 aliphatic carbocycles. The Bertz CT molecular complexity index is 309. The summed E-state index contributed by atoms with van der Waals surface area (Å²) in [5, 5.41) is 9.47. The summed E-state index contributed by atoms with van der Waals surface area (Å²) in [7, 11) is 0. The van der Waals surface area contributed by atoms with Gasteiger partial charge >= 0.3 is 5.97 Å². The van der Waals surface area contributed by atoms with E-state index >= 15 is 0 Å². The minimum absolute atomic E-state index is 0.670. The summed E-state index contributed by atoms with van der Waals surface area (Å²) >= 11 is 0. The SMILES string of the molecule is CCCCCCCCCCCCCCC(C)(C(=O)O)C(C)(C)N. The minimum atomic E-state index is -0.828. The molecule has 0 amide bonds. The Morgan fingerprint density at radius 2 is 1.13 bits per heavy atom. The molecule has 0 aromatic heterocycles. The van der Waals surface area contributed by atoms with E-state index in [1.165, 1.54) is 64.2 Å². The molecule has 1 unspecified atom stereocenters. The maximum atomic E-state index is 11.5. The molecule has 0 radical (unpaired) electrons. The van der Waals surface area contributed by atoms with Gasteiger partial charge in [0.15, 0.2) is 0 Å². The molecule has 1 atom stereocenters. The van der Waals surface area contributed by atoms with E-state index < -0.39 is 16.9 Å². The Balaban J connectivity index is 3.60. The molecular weight excluding hydrogens is 286 g/mol. The number of hydrogen-bond donors (Lipinski definition) is 2. The third-order valence-corrected chi connectivity index (χ3v) is 5.42. The average molecular weight is 328 g/mol. The first kappa shape index (κ1) is 22.4. The van der Waals surface area contributed by atoms with Gasteiger partial charge in [-0.3, -0.25) is 4.79 Å². The second-order valence-electron chi connectivity index (χ2n) is 8.00. The van der Waals surface area contributed by atoms with Gasteiger partial charge in [0.25, 0.3) is 0 Å². The van der Waals surface area contributed by atoms with Gasteiger partial charge in [-0.25, -0.2) is 0 Å². The van der Waals surface area contributed by atoms with Crippen molar-refractivity contribution in [3.05, 3.63) is 0 Å². The van der Waals surface area contributed by atoms with Gasteiger partial charge in [-0.15, -0.1) is 0 Å². The third kappa shape index (κ3) is 9.34. The second-order valence-corrected chi connectivity index (χ2v) is 8.00. The van der Waals surface area contributed by atoms with Crippen LogP contribution in [0.1, 0.15) is 111 Å². The van der Waals surface area contributed by atoms with Crippen LogP contribution < -0.4 is 5.73 Å². The predicted octanol–water partition coefficient (Wildman–Crippen LogP) is 5.91. The normalized spacial score (nSPS) is 14.7. The summed E-state index contributed by atoms with van der Waals surface area (Å²) in [5.41, 5.74) is 4.56. The lowest BCUT2D eigenvalue weighted by Gasteiger charge is -2.38. The third-order valence-electron chi connectivity index (χ3n) is 5.42. The molecule has 0 rings (SSSR count). The summed E-state index contributed by atoms with van der Waals surface area (Å²) in [5.74, 6) is -0.770. The van der Waals surface area contributed by atoms with Gasteiger partial charge in [0.2, 0.25) is 0 Å². The summed E-state index contributed by atoms with van der Waals surface area (Å²) in [6, 6.07) is 0. The summed E-state index contributed by atoms with van der Waals surface area (Å²) in [4.78, 5) is 11.5. The Morgan fingerprint density at radius 3 is 1.43 bits per heavy atom. The number of hydrogen-bond acceptors (Lipinski definition) is 2. The van der Waals surface area contributed by atoms with Crippen molar-refractivity contribution in [1.82, 2.24) is 0 Å². The smallest absolute Gasteiger partial charge is 0.311 e. The molecule has 0 aromatic carbocycles. The largest absolute Gasteiger partial charge is 0.481 e. The topological polar surface area (TPSA) is 63.3 Å². The Kier molecular flexibility index (Phi) is 11.6. The second kappa shape index (κ2) is 11.9. The van der Waals surface area contributed by atoms with E-state index in [-0.39, 0.29) is 0 Å². The van der Waals surface area contributed by atoms with E-state index in [1.807, 2.05) is 13.8 Å². The van der Waals surface area contributed by atoms with Crippen molar-refractivity contribution < 1.29 is 9.90 Å². The Labute approximate surface area is 144 Å². The predicted molar refractivity (Wildman–Crippen MR) is 99.7 cm³/mol. The molecule has 0 saturated carbocycles. The number of carbonyl (C=O) groups is 1. The van der Waals surface area contributed by atoms with Crippen LogP contribution in [0.15, 0.2) is 0 Å². The molecule has 0 aliphatic rings. The van der Waals surface area contributed by atoms with Gasteiger partial charge in [0.05, 0.1) is 5.41 Å². The maximum absolute atomic E-state index is 11.5. The van der Waals surface area contributed by atoms with Gasteiger partial charge in [-0.2, -0.15) is 0 Å². The summed E-state index contributed by atoms with van der Waals surface area (Å²) < 4.78 is 0. The van der Waals surface area contributed by atoms with Crippen molar-refractivity contribution in [3.8, 4) is 0 Å². The van der Waals surface area contributed by atoms with Gasteiger partial charge in [0, 0.05) is 5.54 Å². The molecule has 0 heterocycles. The van der Waals surface area contributed by atoms with Crippen molar-refractivity contribution in [2.24, 2.45) is 11.1 Å². The van der Waals surface area contributed by atoms with E-state index in [0.29, 0.717) is 6.42 Å². The highest BCUT2D eigenvalue weighted by molar-refractivity contribution is 5.75. The van der Waals surface area contributed by atoms with Crippen LogP contribution in [-0.2, 0) is 4.79 Å². The lowest BCUT2D eigenvalue weighted by molar-refractivity contribution is -0.152. The molecule has 3 heteroatoms. The molecule has 23 heavy (non-hydrogen) atoms. The van der Waals surface area contributed by atoms with Crippen molar-refractivity contribution >= 4 is 5.97 Å². The molecule has 0 aromatic rings. The van der Waals surface area contributed by atoms with Gasteiger partial charge in [0.1, 0.15) is 0 Å². The van der Waals surface area contributed by atoms with Gasteiger partial charge in [-0.1, -0.05) is 84.0 Å². The number of rotatable bonds is 15. The molecular formula is C20H41NO2. The van der Waals surface area contributed by atoms with E-state index in [4.69, 9.17) is 5.73 Å². The minimum Gasteiger partial charge on any atom is -0.481 e. The molecule has 3 N–H and O–H groups in total. The van der Waals surface area contributed by atoms with Crippen LogP contribution in [0, 0.1) is 5.41 Å². The average Bonchev–Trinajstić information content (AvgIpc) is 2.46. The molecule has 0 aliphatic heterocycles. The monoisotopic (exact) mass is 327 g/mol. The van der Waals surface area contributed by atoms with Gasteiger partial charge < -0.3 is 10.8 Å². The number of carboxylic acids is 1. The molecule has 3 nitrogen and oxygen atoms in total. The van der Waals surface area contributed by atoms with Crippen LogP contribution in [-0.4, -0.2) is 16.6 Å². The number of nitrogens with two attached hydrogens (primary N) is 1. The van der Waals surface area contributed by atoms with E-state index in [1.54, 1.807) is 6.92 Å². The van der Waals surface area contributed by atoms with Crippen LogP contribution >= 0.6 is 0 Å². The Morgan fingerprint density at radius 1 is 0.783 bits per heavy atom. The van der Waals surface area contributed by atoms with Crippen molar-refractivity contribution in [1.29, 1.82) is 0 Å². The van der Waals surface area contributed by atoms with E-state index in [0.717, 1.165) is 12.8 Å². The zero-order valence-electron chi connectivity index (χ0n) is 16.1. The fourth-order valence-corrected chi connectivity index (χ4v) is 3.02. The van der Waals surface area contributed by atoms with Crippen LogP contribution in [0.5, 0.6) is 0 Å². The van der Waals surface area contributed by atoms with Crippen LogP contribution in [0.4, 0.5) is 0 Å². The molecule has 138 valence electrons. The molecule has 0 bridgehead atoms. The highest BCUT2D eigenvalue weighted by Gasteiger charge is 2.44. The van der Waals surface area contributed by atoms with Crippen LogP contribution in [0.25, 0.3) is 0 Å². The highest BCUT2D eigenvalue weighted by atomic mass is 16.4.